The van der Waals surface area contributed by atoms with Crippen LogP contribution in [0.15, 0.2) is 71.3 Å². The number of aryl methyl sites for hydroxylation is 1. The summed E-state index contributed by atoms with van der Waals surface area (Å²) in [6.45, 7) is 2.55. The Balaban J connectivity index is 1.87. The van der Waals surface area contributed by atoms with E-state index < -0.39 is 23.1 Å². The normalized spacial score (nSPS) is 15.3. The van der Waals surface area contributed by atoms with Crippen LogP contribution in [0, 0.1) is 12.8 Å². The maximum atomic E-state index is 13.6. The van der Waals surface area contributed by atoms with Crippen LogP contribution in [-0.2, 0) is 9.59 Å². The molecule has 1 aromatic carbocycles. The number of anilines is 1. The monoisotopic (exact) mass is 523 g/mol. The molecule has 8 N–H and O–H groups in total. The number of nitrogens with one attached hydrogen (secondary N) is 2. The van der Waals surface area contributed by atoms with Crippen LogP contribution >= 0.6 is 0 Å². The van der Waals surface area contributed by atoms with Crippen LogP contribution in [0.2, 0.25) is 0 Å². The molecule has 1 saturated carbocycles. The molecule has 0 bridgehead atoms. The number of amidine groups is 1. The number of amides is 2. The molecular formula is C27H31F2N7O2. The molecule has 3 rings (SSSR count). The van der Waals surface area contributed by atoms with Gasteiger partial charge in [-0.3, -0.25) is 14.6 Å². The van der Waals surface area contributed by atoms with Crippen LogP contribution in [0.1, 0.15) is 30.9 Å². The zero-order chi connectivity index (χ0) is 28.0. The lowest BCUT2D eigenvalue weighted by Crippen LogP contribution is -2.22. The van der Waals surface area contributed by atoms with Crippen LogP contribution in [-0.4, -0.2) is 35.6 Å². The van der Waals surface area contributed by atoms with Crippen LogP contribution < -0.4 is 27.8 Å². The summed E-state index contributed by atoms with van der Waals surface area (Å²) in [6.07, 6.45) is 8.11. The number of carbonyl (C=O) groups is 2. The van der Waals surface area contributed by atoms with Crippen molar-refractivity contribution in [3.8, 4) is 11.1 Å². The number of nitrogens with two attached hydrogens (primary N) is 3. The summed E-state index contributed by atoms with van der Waals surface area (Å²) in [5.41, 5.74) is 20.1. The molecule has 0 aliphatic heterocycles. The zero-order valence-corrected chi connectivity index (χ0v) is 21.4. The Morgan fingerprint density at radius 1 is 1.16 bits per heavy atom. The number of hydrogen-bond donors (Lipinski definition) is 5. The van der Waals surface area contributed by atoms with Gasteiger partial charge in [0, 0.05) is 72.6 Å². The number of rotatable bonds is 9. The predicted octanol–water partition coefficient (Wildman–Crippen LogP) is 3.19. The summed E-state index contributed by atoms with van der Waals surface area (Å²) < 4.78 is 27.1. The van der Waals surface area contributed by atoms with E-state index in [4.69, 9.17) is 17.2 Å². The molecule has 0 spiro atoms. The van der Waals surface area contributed by atoms with E-state index in [0.29, 0.717) is 30.1 Å². The van der Waals surface area contributed by atoms with Gasteiger partial charge in [-0.2, -0.15) is 4.99 Å². The van der Waals surface area contributed by atoms with E-state index in [0.717, 1.165) is 35.6 Å². The number of carbonyl (C=O) groups excluding carboxylic acids is 2. The van der Waals surface area contributed by atoms with Crippen LogP contribution in [0.4, 0.5) is 14.5 Å². The Hall–Kier alpha value is -4.54. The van der Waals surface area contributed by atoms with Crippen molar-refractivity contribution in [1.29, 1.82) is 0 Å². The number of hydrogen-bond acceptors (Lipinski definition) is 6. The van der Waals surface area contributed by atoms with E-state index in [2.05, 4.69) is 20.6 Å². The topological polar surface area (TPSA) is 162 Å². The number of benzene rings is 1. The SMILES string of the molecule is CN/C(=C\C(N)=NC(=O)C1CC1)c1cncc(-c2cc(NC(=O)/C(N)=C/C(=C\N)C(C)(F)F)ccc2C)c1. The van der Waals surface area contributed by atoms with Gasteiger partial charge in [0.2, 0.25) is 0 Å². The van der Waals surface area contributed by atoms with Crippen molar-refractivity contribution < 1.29 is 18.4 Å². The maximum absolute atomic E-state index is 13.6. The van der Waals surface area contributed by atoms with E-state index in [1.807, 2.05) is 13.0 Å². The number of halogens is 2. The van der Waals surface area contributed by atoms with Gasteiger partial charge in [0.1, 0.15) is 5.84 Å². The third-order valence-corrected chi connectivity index (χ3v) is 5.84. The molecular weight excluding hydrogens is 492 g/mol. The van der Waals surface area contributed by atoms with Crippen LogP contribution in [0.3, 0.4) is 0 Å². The fourth-order valence-corrected chi connectivity index (χ4v) is 3.53. The van der Waals surface area contributed by atoms with Gasteiger partial charge in [-0.15, -0.1) is 0 Å². The number of pyridine rings is 1. The molecule has 1 aliphatic carbocycles. The average Bonchev–Trinajstić information content (AvgIpc) is 3.72. The first-order chi connectivity index (χ1) is 17.9. The Morgan fingerprint density at radius 3 is 2.47 bits per heavy atom. The Morgan fingerprint density at radius 2 is 1.87 bits per heavy atom. The molecule has 11 heteroatoms. The number of allylic oxidation sites excluding steroid dienone is 2. The van der Waals surface area contributed by atoms with Gasteiger partial charge in [0.25, 0.3) is 17.7 Å². The summed E-state index contributed by atoms with van der Waals surface area (Å²) in [7, 11) is 1.72. The van der Waals surface area contributed by atoms with Crippen molar-refractivity contribution in [3.63, 3.8) is 0 Å². The lowest BCUT2D eigenvalue weighted by molar-refractivity contribution is -0.119. The lowest BCUT2D eigenvalue weighted by atomic mass is 9.99. The molecule has 0 atom stereocenters. The molecule has 2 amide bonds. The first-order valence-electron chi connectivity index (χ1n) is 11.9. The van der Waals surface area contributed by atoms with Crippen molar-refractivity contribution in [1.82, 2.24) is 10.3 Å². The Labute approximate surface area is 219 Å². The molecule has 0 saturated heterocycles. The number of nitrogens with zero attached hydrogens (tertiary/aromatic N) is 2. The minimum absolute atomic E-state index is 0.0293. The highest BCUT2D eigenvalue weighted by atomic mass is 19.3. The van der Waals surface area contributed by atoms with Crippen LogP contribution in [0.5, 0.6) is 0 Å². The molecule has 38 heavy (non-hydrogen) atoms. The van der Waals surface area contributed by atoms with Crippen molar-refractivity contribution in [3.05, 3.63) is 77.4 Å². The molecule has 2 aromatic rings. The van der Waals surface area contributed by atoms with E-state index in [1.165, 1.54) is 0 Å². The predicted molar refractivity (Wildman–Crippen MR) is 145 cm³/mol. The molecule has 1 aliphatic rings. The van der Waals surface area contributed by atoms with Crippen molar-refractivity contribution in [2.24, 2.45) is 28.1 Å². The van der Waals surface area contributed by atoms with Crippen molar-refractivity contribution >= 4 is 29.0 Å². The lowest BCUT2D eigenvalue weighted by Gasteiger charge is -2.14. The van der Waals surface area contributed by atoms with Gasteiger partial charge < -0.3 is 27.8 Å². The molecule has 0 unspecified atom stereocenters. The van der Waals surface area contributed by atoms with Crippen LogP contribution in [0.25, 0.3) is 16.8 Å². The average molecular weight is 524 g/mol. The molecule has 1 aromatic heterocycles. The van der Waals surface area contributed by atoms with Gasteiger partial charge >= 0.3 is 0 Å². The smallest absolute Gasteiger partial charge is 0.271 e. The summed E-state index contributed by atoms with van der Waals surface area (Å²) in [4.78, 5) is 32.8. The second kappa shape index (κ2) is 11.7. The van der Waals surface area contributed by atoms with Crippen molar-refractivity contribution in [2.75, 3.05) is 12.4 Å². The number of aromatic nitrogens is 1. The highest BCUT2D eigenvalue weighted by Gasteiger charge is 2.29. The third-order valence-electron chi connectivity index (χ3n) is 5.84. The van der Waals surface area contributed by atoms with E-state index >= 15 is 0 Å². The first-order valence-corrected chi connectivity index (χ1v) is 11.9. The zero-order valence-electron chi connectivity index (χ0n) is 21.4. The summed E-state index contributed by atoms with van der Waals surface area (Å²) in [5.74, 6) is -4.16. The van der Waals surface area contributed by atoms with Gasteiger partial charge in [-0.05, 0) is 55.2 Å². The van der Waals surface area contributed by atoms with Gasteiger partial charge in [0.15, 0.2) is 0 Å². The number of aliphatic imine (C=N–C) groups is 1. The van der Waals surface area contributed by atoms with Gasteiger partial charge in [-0.25, -0.2) is 8.78 Å². The minimum Gasteiger partial charge on any atom is -0.404 e. The largest absolute Gasteiger partial charge is 0.404 e. The quantitative estimate of drug-likeness (QED) is 0.146. The summed E-state index contributed by atoms with van der Waals surface area (Å²) in [5, 5.41) is 5.66. The molecule has 1 heterocycles. The number of alkyl halides is 2. The fraction of sp³-hybridized carbons (Fsp3) is 0.259. The van der Waals surface area contributed by atoms with Gasteiger partial charge in [-0.1, -0.05) is 6.07 Å². The Kier molecular flexibility index (Phi) is 8.61. The van der Waals surface area contributed by atoms with E-state index in [1.54, 1.807) is 43.7 Å². The first kappa shape index (κ1) is 28.0. The molecule has 9 nitrogen and oxygen atoms in total. The second-order valence-electron chi connectivity index (χ2n) is 9.01. The summed E-state index contributed by atoms with van der Waals surface area (Å²) >= 11 is 0. The molecule has 200 valence electrons. The van der Waals surface area contributed by atoms with Crippen molar-refractivity contribution in [2.45, 2.75) is 32.6 Å². The third kappa shape index (κ3) is 7.25. The minimum atomic E-state index is -3.25. The van der Waals surface area contributed by atoms with E-state index in [9.17, 15) is 18.4 Å². The maximum Gasteiger partial charge on any atom is 0.271 e. The fourth-order valence-electron chi connectivity index (χ4n) is 3.53. The summed E-state index contributed by atoms with van der Waals surface area (Å²) in [6, 6.07) is 7.06. The van der Waals surface area contributed by atoms with E-state index in [-0.39, 0.29) is 17.7 Å². The molecule has 1 fully saturated rings. The highest BCUT2D eigenvalue weighted by molar-refractivity contribution is 6.05. The second-order valence-corrected chi connectivity index (χ2v) is 9.01. The highest BCUT2D eigenvalue weighted by Crippen LogP contribution is 2.30. The Bertz CT molecular complexity index is 1350. The van der Waals surface area contributed by atoms with Gasteiger partial charge in [0.05, 0.1) is 5.70 Å². The molecule has 0 radical (unpaired) electrons. The standard InChI is InChI=1S/C27H31F2N7O2/c1-15-4-7-20(35-26(38)22(31)9-19(12-30)27(2,28)29)10-21(15)17-8-18(14-34-13-17)23(33-3)11-24(32)36-25(37)16-5-6-16/h4,7-14,16,33H,5-6,30-31H2,1-3H3,(H,35,38)(H2,32,36,37)/b19-12+,22-9-,23-11-.